The first kappa shape index (κ1) is 14.6. The lowest BCUT2D eigenvalue weighted by Crippen LogP contribution is -2.28. The quantitative estimate of drug-likeness (QED) is 0.824. The Labute approximate surface area is 120 Å². The fraction of sp³-hybridized carbons (Fsp3) is 0.471. The zero-order valence-electron chi connectivity index (χ0n) is 12.0. The van der Waals surface area contributed by atoms with Crippen LogP contribution in [-0.2, 0) is 0 Å². The average Bonchev–Trinajstić information content (AvgIpc) is 2.40. The predicted octanol–water partition coefficient (Wildman–Crippen LogP) is 2.23. The molecule has 1 aromatic rings. The summed E-state index contributed by atoms with van der Waals surface area (Å²) in [6, 6.07) is 5.74. The van der Waals surface area contributed by atoms with Crippen molar-refractivity contribution in [2.75, 3.05) is 13.1 Å². The van der Waals surface area contributed by atoms with E-state index in [1.165, 1.54) is 19.3 Å². The summed E-state index contributed by atoms with van der Waals surface area (Å²) in [5.41, 5.74) is 7.86. The Morgan fingerprint density at radius 1 is 1.45 bits per heavy atom. The second-order valence-electron chi connectivity index (χ2n) is 5.40. The van der Waals surface area contributed by atoms with Crippen molar-refractivity contribution in [2.45, 2.75) is 32.6 Å². The highest BCUT2D eigenvalue weighted by Crippen LogP contribution is 2.28. The van der Waals surface area contributed by atoms with Gasteiger partial charge in [-0.1, -0.05) is 42.7 Å². The summed E-state index contributed by atoms with van der Waals surface area (Å²) in [6.45, 7) is 3.03. The van der Waals surface area contributed by atoms with Crippen LogP contribution in [0, 0.1) is 24.7 Å². The van der Waals surface area contributed by atoms with Gasteiger partial charge >= 0.3 is 0 Å². The summed E-state index contributed by atoms with van der Waals surface area (Å²) in [5.74, 6) is 6.55. The molecule has 20 heavy (non-hydrogen) atoms. The van der Waals surface area contributed by atoms with Crippen LogP contribution in [0.3, 0.4) is 0 Å². The highest BCUT2D eigenvalue weighted by atomic mass is 16.1. The third-order valence-corrected chi connectivity index (χ3v) is 3.81. The number of amides is 1. The average molecular weight is 270 g/mol. The predicted molar refractivity (Wildman–Crippen MR) is 81.4 cm³/mol. The number of benzene rings is 1. The van der Waals surface area contributed by atoms with E-state index < -0.39 is 0 Å². The number of rotatable bonds is 4. The number of nitrogens with two attached hydrogens (primary N) is 1. The molecule has 0 heterocycles. The van der Waals surface area contributed by atoms with Gasteiger partial charge in [0, 0.05) is 12.1 Å². The highest BCUT2D eigenvalue weighted by Gasteiger charge is 2.17. The second kappa shape index (κ2) is 7.12. The minimum atomic E-state index is -0.0330. The van der Waals surface area contributed by atoms with Crippen molar-refractivity contribution in [3.63, 3.8) is 0 Å². The van der Waals surface area contributed by atoms with Gasteiger partial charge in [-0.15, -0.1) is 0 Å². The van der Waals surface area contributed by atoms with E-state index in [1.54, 1.807) is 0 Å². The molecule has 2 rings (SSSR count). The number of carbonyl (C=O) groups is 1. The number of hydrogen-bond donors (Lipinski definition) is 2. The summed E-state index contributed by atoms with van der Waals surface area (Å²) in [6.07, 6.45) is 5.05. The molecule has 0 bridgehead atoms. The molecule has 0 aromatic heterocycles. The van der Waals surface area contributed by atoms with Crippen molar-refractivity contribution >= 4 is 5.91 Å². The minimum Gasteiger partial charge on any atom is -0.352 e. The Kier molecular flexibility index (Phi) is 5.20. The van der Waals surface area contributed by atoms with Crippen LogP contribution in [0.4, 0.5) is 0 Å². The molecule has 1 saturated carbocycles. The Morgan fingerprint density at radius 3 is 2.90 bits per heavy atom. The first-order chi connectivity index (χ1) is 9.70. The monoisotopic (exact) mass is 270 g/mol. The van der Waals surface area contributed by atoms with Crippen LogP contribution < -0.4 is 11.1 Å². The third-order valence-electron chi connectivity index (χ3n) is 3.81. The van der Waals surface area contributed by atoms with Crippen molar-refractivity contribution < 1.29 is 4.79 Å². The molecule has 106 valence electrons. The molecular formula is C17H22N2O. The Hall–Kier alpha value is -1.79. The molecule has 1 fully saturated rings. The van der Waals surface area contributed by atoms with Crippen LogP contribution in [0.25, 0.3) is 0 Å². The van der Waals surface area contributed by atoms with E-state index in [2.05, 4.69) is 17.2 Å². The zero-order chi connectivity index (χ0) is 14.4. The Bertz CT molecular complexity index is 536. The van der Waals surface area contributed by atoms with Gasteiger partial charge in [0.05, 0.1) is 12.1 Å². The van der Waals surface area contributed by atoms with Crippen molar-refractivity contribution in [2.24, 2.45) is 11.7 Å². The molecule has 0 unspecified atom stereocenters. The summed E-state index contributed by atoms with van der Waals surface area (Å²) in [4.78, 5) is 12.3. The van der Waals surface area contributed by atoms with E-state index in [9.17, 15) is 4.79 Å². The fourth-order valence-corrected chi connectivity index (χ4v) is 2.37. The Morgan fingerprint density at radius 2 is 2.25 bits per heavy atom. The zero-order valence-corrected chi connectivity index (χ0v) is 12.0. The first-order valence-electron chi connectivity index (χ1n) is 7.28. The molecule has 0 radical (unpaired) electrons. The smallest absolute Gasteiger partial charge is 0.252 e. The maximum Gasteiger partial charge on any atom is 0.252 e. The standard InChI is InChI=1S/C17H22N2O/c1-13-7-8-15(6-3-10-18)16(12-13)17(20)19-11-9-14-4-2-5-14/h7-8,12,14H,2,4-5,9-11,18H2,1H3,(H,19,20). The van der Waals surface area contributed by atoms with Gasteiger partial charge in [0.2, 0.25) is 0 Å². The van der Waals surface area contributed by atoms with Gasteiger partial charge in [0.25, 0.3) is 5.91 Å². The molecule has 3 heteroatoms. The molecule has 0 aliphatic heterocycles. The SMILES string of the molecule is Cc1ccc(C#CCN)c(C(=O)NCCC2CCC2)c1. The molecular weight excluding hydrogens is 248 g/mol. The maximum absolute atomic E-state index is 12.3. The lowest BCUT2D eigenvalue weighted by Gasteiger charge is -2.25. The number of carbonyl (C=O) groups excluding carboxylic acids is 1. The van der Waals surface area contributed by atoms with Crippen LogP contribution in [0.15, 0.2) is 18.2 Å². The Balaban J connectivity index is 2.00. The van der Waals surface area contributed by atoms with Gasteiger partial charge < -0.3 is 11.1 Å². The lowest BCUT2D eigenvalue weighted by atomic mass is 9.83. The normalized spacial score (nSPS) is 14.1. The number of hydrogen-bond acceptors (Lipinski definition) is 2. The van der Waals surface area contributed by atoms with E-state index in [0.717, 1.165) is 30.0 Å². The number of nitrogens with one attached hydrogen (secondary N) is 1. The number of aryl methyl sites for hydroxylation is 1. The van der Waals surface area contributed by atoms with Gasteiger partial charge in [-0.2, -0.15) is 0 Å². The summed E-state index contributed by atoms with van der Waals surface area (Å²) in [7, 11) is 0. The van der Waals surface area contributed by atoms with Crippen LogP contribution in [0.2, 0.25) is 0 Å². The van der Waals surface area contributed by atoms with Crippen LogP contribution in [-0.4, -0.2) is 19.0 Å². The summed E-state index contributed by atoms with van der Waals surface area (Å²) >= 11 is 0. The minimum absolute atomic E-state index is 0.0330. The largest absolute Gasteiger partial charge is 0.352 e. The van der Waals surface area contributed by atoms with Gasteiger partial charge in [0.15, 0.2) is 0 Å². The molecule has 1 aliphatic carbocycles. The van der Waals surface area contributed by atoms with E-state index in [4.69, 9.17) is 5.73 Å². The molecule has 0 atom stereocenters. The molecule has 3 nitrogen and oxygen atoms in total. The maximum atomic E-state index is 12.3. The van der Waals surface area contributed by atoms with Crippen LogP contribution >= 0.6 is 0 Å². The molecule has 0 spiro atoms. The van der Waals surface area contributed by atoms with E-state index in [-0.39, 0.29) is 5.91 Å². The molecule has 3 N–H and O–H groups in total. The van der Waals surface area contributed by atoms with Gasteiger partial charge in [-0.25, -0.2) is 0 Å². The van der Waals surface area contributed by atoms with Crippen molar-refractivity contribution in [3.8, 4) is 11.8 Å². The lowest BCUT2D eigenvalue weighted by molar-refractivity contribution is 0.0948. The molecule has 0 saturated heterocycles. The van der Waals surface area contributed by atoms with Gasteiger partial charge in [-0.05, 0) is 31.4 Å². The van der Waals surface area contributed by atoms with Crippen molar-refractivity contribution in [1.29, 1.82) is 0 Å². The van der Waals surface area contributed by atoms with Gasteiger partial charge in [-0.3, -0.25) is 4.79 Å². The van der Waals surface area contributed by atoms with E-state index in [1.807, 2.05) is 25.1 Å². The topological polar surface area (TPSA) is 55.1 Å². The van der Waals surface area contributed by atoms with Gasteiger partial charge in [0.1, 0.15) is 0 Å². The van der Waals surface area contributed by atoms with E-state index >= 15 is 0 Å². The third kappa shape index (κ3) is 3.85. The van der Waals surface area contributed by atoms with Crippen molar-refractivity contribution in [3.05, 3.63) is 34.9 Å². The van der Waals surface area contributed by atoms with E-state index in [0.29, 0.717) is 12.1 Å². The summed E-state index contributed by atoms with van der Waals surface area (Å²) in [5, 5.41) is 3.00. The molecule has 1 aromatic carbocycles. The first-order valence-corrected chi connectivity index (χ1v) is 7.28. The van der Waals surface area contributed by atoms with Crippen LogP contribution in [0.5, 0.6) is 0 Å². The second-order valence-corrected chi connectivity index (χ2v) is 5.40. The molecule has 1 aliphatic rings. The van der Waals surface area contributed by atoms with Crippen LogP contribution in [0.1, 0.15) is 47.2 Å². The van der Waals surface area contributed by atoms with Crippen molar-refractivity contribution in [1.82, 2.24) is 5.32 Å². The summed E-state index contributed by atoms with van der Waals surface area (Å²) < 4.78 is 0. The fourth-order valence-electron chi connectivity index (χ4n) is 2.37. The highest BCUT2D eigenvalue weighted by molar-refractivity contribution is 5.96. The molecule has 1 amide bonds.